The third-order valence-corrected chi connectivity index (χ3v) is 5.52. The molecular weight excluding hydrogens is 448 g/mol. The molecule has 1 aliphatic heterocycles. The van der Waals surface area contributed by atoms with Crippen LogP contribution in [-0.2, 0) is 19.1 Å². The largest absolute Gasteiger partial charge is 0.452 e. The van der Waals surface area contributed by atoms with E-state index in [9.17, 15) is 19.2 Å². The summed E-state index contributed by atoms with van der Waals surface area (Å²) in [6, 6.07) is 20.4. The van der Waals surface area contributed by atoms with E-state index < -0.39 is 30.5 Å². The second-order valence-electron chi connectivity index (χ2n) is 8.15. The Kier molecular flexibility index (Phi) is 6.91. The highest BCUT2D eigenvalue weighted by Crippen LogP contribution is 2.31. The molecule has 4 rings (SSSR count). The molecule has 0 radical (unpaired) electrons. The lowest BCUT2D eigenvalue weighted by atomic mass is 10.0. The fourth-order valence-electron chi connectivity index (χ4n) is 3.93. The molecule has 178 valence electrons. The maximum Gasteiger partial charge on any atom is 0.338 e. The lowest BCUT2D eigenvalue weighted by Gasteiger charge is -2.27. The Hall–Kier alpha value is -4.46. The number of benzene rings is 3. The van der Waals surface area contributed by atoms with Gasteiger partial charge in [-0.3, -0.25) is 14.4 Å². The molecular formula is C27H24N2O6. The number of fused-ring (bicyclic) bond motifs is 1. The summed E-state index contributed by atoms with van der Waals surface area (Å²) in [4.78, 5) is 50.2. The van der Waals surface area contributed by atoms with Gasteiger partial charge in [-0.1, -0.05) is 36.4 Å². The van der Waals surface area contributed by atoms with Gasteiger partial charge in [-0.15, -0.1) is 0 Å². The van der Waals surface area contributed by atoms with E-state index in [2.05, 4.69) is 5.32 Å². The summed E-state index contributed by atoms with van der Waals surface area (Å²) in [6.45, 7) is 2.66. The van der Waals surface area contributed by atoms with Crippen LogP contribution in [0.15, 0.2) is 72.8 Å². The number of hydrogen-bond acceptors (Lipinski definition) is 6. The highest BCUT2D eigenvalue weighted by Gasteiger charge is 2.30. The predicted octanol–water partition coefficient (Wildman–Crippen LogP) is 4.20. The van der Waals surface area contributed by atoms with Crippen molar-refractivity contribution in [2.75, 3.05) is 16.8 Å². The summed E-state index contributed by atoms with van der Waals surface area (Å²) in [5.41, 5.74) is 3.15. The number of para-hydroxylation sites is 2. The average molecular weight is 472 g/mol. The molecule has 0 bridgehead atoms. The van der Waals surface area contributed by atoms with Crippen molar-refractivity contribution >= 4 is 35.1 Å². The van der Waals surface area contributed by atoms with Crippen LogP contribution in [0.4, 0.5) is 11.4 Å². The second-order valence-corrected chi connectivity index (χ2v) is 8.15. The van der Waals surface area contributed by atoms with Gasteiger partial charge in [0.2, 0.25) is 5.91 Å². The number of carbonyl (C=O) groups excluding carboxylic acids is 4. The van der Waals surface area contributed by atoms with Gasteiger partial charge in [0.25, 0.3) is 5.91 Å². The third-order valence-electron chi connectivity index (χ3n) is 5.52. The summed E-state index contributed by atoms with van der Waals surface area (Å²) < 4.78 is 10.3. The van der Waals surface area contributed by atoms with E-state index in [4.69, 9.17) is 9.47 Å². The van der Waals surface area contributed by atoms with Crippen molar-refractivity contribution in [3.05, 3.63) is 78.4 Å². The van der Waals surface area contributed by atoms with E-state index in [1.54, 1.807) is 67.6 Å². The van der Waals surface area contributed by atoms with Gasteiger partial charge in [-0.25, -0.2) is 4.79 Å². The maximum atomic E-state index is 13.0. The molecule has 1 aliphatic rings. The fraction of sp³-hybridized carbons (Fsp3) is 0.185. The Balaban J connectivity index is 1.41. The van der Waals surface area contributed by atoms with Crippen LogP contribution in [0.1, 0.15) is 30.6 Å². The van der Waals surface area contributed by atoms with Crippen LogP contribution in [-0.4, -0.2) is 36.4 Å². The summed E-state index contributed by atoms with van der Waals surface area (Å²) in [5, 5.41) is 2.80. The molecule has 0 aliphatic carbocycles. The Morgan fingerprint density at radius 2 is 1.57 bits per heavy atom. The molecule has 1 N–H and O–H groups in total. The van der Waals surface area contributed by atoms with Crippen LogP contribution in [0.5, 0.6) is 5.75 Å². The number of nitrogens with one attached hydrogen (secondary N) is 1. The van der Waals surface area contributed by atoms with E-state index in [0.29, 0.717) is 22.7 Å². The van der Waals surface area contributed by atoms with Crippen molar-refractivity contribution in [3.8, 4) is 16.9 Å². The number of ether oxygens (including phenoxy) is 2. The van der Waals surface area contributed by atoms with E-state index >= 15 is 0 Å². The molecule has 0 aromatic heterocycles. The maximum absolute atomic E-state index is 13.0. The van der Waals surface area contributed by atoms with Crippen molar-refractivity contribution in [2.45, 2.75) is 26.3 Å². The standard InChI is InChI=1S/C27H24N2O6/c1-17-15-25(31)28-23-5-3-4-6-24(23)29(17)26(32)16-34-27(33)21-9-7-19(8-10-21)20-11-13-22(14-12-20)35-18(2)30/h3-14,17H,15-16H2,1-2H3,(H,28,31)/t17-/m1/s1. The Labute approximate surface area is 202 Å². The first-order valence-corrected chi connectivity index (χ1v) is 11.1. The predicted molar refractivity (Wildman–Crippen MR) is 130 cm³/mol. The summed E-state index contributed by atoms with van der Waals surface area (Å²) in [7, 11) is 0. The molecule has 1 atom stereocenters. The molecule has 8 nitrogen and oxygen atoms in total. The Morgan fingerprint density at radius 1 is 0.943 bits per heavy atom. The fourth-order valence-corrected chi connectivity index (χ4v) is 3.93. The highest BCUT2D eigenvalue weighted by atomic mass is 16.5. The van der Waals surface area contributed by atoms with Crippen LogP contribution < -0.4 is 15.0 Å². The molecule has 3 aromatic carbocycles. The number of anilines is 2. The van der Waals surface area contributed by atoms with Crippen LogP contribution in [0.25, 0.3) is 11.1 Å². The number of esters is 2. The third kappa shape index (κ3) is 5.55. The van der Waals surface area contributed by atoms with Crippen LogP contribution >= 0.6 is 0 Å². The number of rotatable bonds is 5. The van der Waals surface area contributed by atoms with Crippen LogP contribution in [0.3, 0.4) is 0 Å². The van der Waals surface area contributed by atoms with Crippen molar-refractivity contribution in [1.29, 1.82) is 0 Å². The molecule has 0 fully saturated rings. The number of amides is 2. The van der Waals surface area contributed by atoms with Gasteiger partial charge in [0.15, 0.2) is 6.61 Å². The minimum absolute atomic E-state index is 0.137. The van der Waals surface area contributed by atoms with Crippen molar-refractivity contribution in [1.82, 2.24) is 0 Å². The Morgan fingerprint density at radius 3 is 2.23 bits per heavy atom. The van der Waals surface area contributed by atoms with E-state index in [1.165, 1.54) is 11.8 Å². The van der Waals surface area contributed by atoms with E-state index in [1.807, 2.05) is 12.1 Å². The van der Waals surface area contributed by atoms with Crippen molar-refractivity contribution < 1.29 is 28.7 Å². The van der Waals surface area contributed by atoms with Crippen LogP contribution in [0.2, 0.25) is 0 Å². The molecule has 0 saturated heterocycles. The van der Waals surface area contributed by atoms with Gasteiger partial charge < -0.3 is 19.7 Å². The molecule has 0 unspecified atom stereocenters. The van der Waals surface area contributed by atoms with Crippen molar-refractivity contribution in [3.63, 3.8) is 0 Å². The zero-order valence-electron chi connectivity index (χ0n) is 19.3. The zero-order valence-corrected chi connectivity index (χ0v) is 19.3. The SMILES string of the molecule is CC(=O)Oc1ccc(-c2ccc(C(=O)OCC(=O)N3c4ccccc4NC(=O)C[C@H]3C)cc2)cc1. The highest BCUT2D eigenvalue weighted by molar-refractivity contribution is 6.05. The van der Waals surface area contributed by atoms with Gasteiger partial charge in [0.1, 0.15) is 5.75 Å². The smallest absolute Gasteiger partial charge is 0.338 e. The Bertz CT molecular complexity index is 1270. The minimum atomic E-state index is -0.625. The van der Waals surface area contributed by atoms with Gasteiger partial charge >= 0.3 is 11.9 Å². The minimum Gasteiger partial charge on any atom is -0.452 e. The molecule has 0 spiro atoms. The monoisotopic (exact) mass is 472 g/mol. The summed E-state index contributed by atoms with van der Waals surface area (Å²) >= 11 is 0. The first kappa shape index (κ1) is 23.7. The molecule has 2 amide bonds. The summed E-state index contributed by atoms with van der Waals surface area (Å²) in [5.74, 6) is -1.16. The lowest BCUT2D eigenvalue weighted by Crippen LogP contribution is -2.41. The lowest BCUT2D eigenvalue weighted by molar-refractivity contribution is -0.132. The number of hydrogen-bond donors (Lipinski definition) is 1. The van der Waals surface area contributed by atoms with E-state index in [-0.39, 0.29) is 12.3 Å². The van der Waals surface area contributed by atoms with Gasteiger partial charge in [0, 0.05) is 19.4 Å². The first-order chi connectivity index (χ1) is 16.8. The molecule has 0 saturated carbocycles. The molecule has 1 heterocycles. The van der Waals surface area contributed by atoms with Gasteiger partial charge in [-0.2, -0.15) is 0 Å². The van der Waals surface area contributed by atoms with E-state index in [0.717, 1.165) is 11.1 Å². The van der Waals surface area contributed by atoms with Gasteiger partial charge in [0.05, 0.1) is 16.9 Å². The quantitative estimate of drug-likeness (QED) is 0.441. The zero-order chi connectivity index (χ0) is 24.9. The average Bonchev–Trinajstić information content (AvgIpc) is 2.96. The molecule has 8 heteroatoms. The summed E-state index contributed by atoms with van der Waals surface area (Å²) in [6.07, 6.45) is 0.137. The topological polar surface area (TPSA) is 102 Å². The second kappa shape index (κ2) is 10.2. The van der Waals surface area contributed by atoms with Crippen molar-refractivity contribution in [2.24, 2.45) is 0 Å². The normalized spacial score (nSPS) is 14.9. The first-order valence-electron chi connectivity index (χ1n) is 11.1. The number of carbonyl (C=O) groups is 4. The van der Waals surface area contributed by atoms with Gasteiger partial charge in [-0.05, 0) is 54.4 Å². The molecule has 35 heavy (non-hydrogen) atoms. The van der Waals surface area contributed by atoms with Crippen LogP contribution in [0, 0.1) is 0 Å². The molecule has 3 aromatic rings. The number of nitrogens with zero attached hydrogens (tertiary/aromatic N) is 1.